The van der Waals surface area contributed by atoms with Crippen molar-refractivity contribution in [3.8, 4) is 0 Å². The number of hydrogen-bond donors (Lipinski definition) is 2. The first kappa shape index (κ1) is 9.21. The number of amides is 1. The van der Waals surface area contributed by atoms with Crippen molar-refractivity contribution in [2.75, 3.05) is 13.1 Å². The zero-order valence-corrected chi connectivity index (χ0v) is 7.99. The molecule has 1 aromatic rings. The lowest BCUT2D eigenvalue weighted by Crippen LogP contribution is -2.52. The van der Waals surface area contributed by atoms with Crippen molar-refractivity contribution in [1.82, 2.24) is 10.6 Å². The molecule has 1 fully saturated rings. The molecule has 3 nitrogen and oxygen atoms in total. The van der Waals surface area contributed by atoms with Gasteiger partial charge in [-0.05, 0) is 12.0 Å². The molecule has 1 amide bonds. The van der Waals surface area contributed by atoms with Crippen LogP contribution in [0.3, 0.4) is 0 Å². The fourth-order valence-electron chi connectivity index (χ4n) is 1.71. The second-order valence-electron chi connectivity index (χ2n) is 3.59. The predicted octanol–water partition coefficient (Wildman–Crippen LogP) is 0.317. The van der Waals surface area contributed by atoms with E-state index in [4.69, 9.17) is 0 Å². The average Bonchev–Trinajstić information content (AvgIpc) is 2.19. The Balaban J connectivity index is 1.94. The molecule has 0 unspecified atom stereocenters. The van der Waals surface area contributed by atoms with Gasteiger partial charge in [-0.3, -0.25) is 4.79 Å². The number of nitrogens with one attached hydrogen (secondary N) is 2. The van der Waals surface area contributed by atoms with Crippen molar-refractivity contribution in [2.45, 2.75) is 12.5 Å². The number of hydrogen-bond acceptors (Lipinski definition) is 2. The van der Waals surface area contributed by atoms with Crippen LogP contribution < -0.4 is 10.6 Å². The Kier molecular flexibility index (Phi) is 2.79. The highest BCUT2D eigenvalue weighted by Gasteiger charge is 2.17. The molecule has 0 aliphatic carbocycles. The summed E-state index contributed by atoms with van der Waals surface area (Å²) in [4.78, 5) is 11.1. The molecule has 74 valence electrons. The molecule has 0 spiro atoms. The minimum Gasteiger partial charge on any atom is -0.351 e. The molecule has 1 heterocycles. The molecule has 14 heavy (non-hydrogen) atoms. The van der Waals surface area contributed by atoms with Crippen molar-refractivity contribution in [1.29, 1.82) is 0 Å². The van der Waals surface area contributed by atoms with Gasteiger partial charge in [0, 0.05) is 12.6 Å². The van der Waals surface area contributed by atoms with Crippen LogP contribution in [0.4, 0.5) is 0 Å². The molecule has 0 bridgehead atoms. The van der Waals surface area contributed by atoms with Crippen molar-refractivity contribution in [3.05, 3.63) is 35.9 Å². The Bertz CT molecular complexity index is 310. The zero-order chi connectivity index (χ0) is 9.80. The number of carbonyl (C=O) groups is 1. The molecule has 2 N–H and O–H groups in total. The second kappa shape index (κ2) is 4.24. The Hall–Kier alpha value is -1.35. The summed E-state index contributed by atoms with van der Waals surface area (Å²) in [6.07, 6.45) is 0.902. The summed E-state index contributed by atoms with van der Waals surface area (Å²) in [5.41, 5.74) is 1.27. The Morgan fingerprint density at radius 2 is 2.07 bits per heavy atom. The maximum atomic E-state index is 11.1. The van der Waals surface area contributed by atoms with E-state index in [1.54, 1.807) is 0 Å². The molecule has 3 heteroatoms. The SMILES string of the molecule is O=C1CNC[C@@H](Cc2ccccc2)N1. The molecule has 1 aliphatic heterocycles. The summed E-state index contributed by atoms with van der Waals surface area (Å²) < 4.78 is 0. The summed E-state index contributed by atoms with van der Waals surface area (Å²) in [5, 5.41) is 6.06. The molecule has 0 radical (unpaired) electrons. The first-order chi connectivity index (χ1) is 6.84. The topological polar surface area (TPSA) is 41.1 Å². The van der Waals surface area contributed by atoms with Crippen LogP contribution in [0.25, 0.3) is 0 Å². The lowest BCUT2D eigenvalue weighted by atomic mass is 10.0. The van der Waals surface area contributed by atoms with Crippen molar-refractivity contribution < 1.29 is 4.79 Å². The quantitative estimate of drug-likeness (QED) is 0.705. The van der Waals surface area contributed by atoms with E-state index in [-0.39, 0.29) is 11.9 Å². The Morgan fingerprint density at radius 1 is 1.29 bits per heavy atom. The first-order valence-electron chi connectivity index (χ1n) is 4.88. The van der Waals surface area contributed by atoms with Gasteiger partial charge in [0.25, 0.3) is 0 Å². The van der Waals surface area contributed by atoms with Gasteiger partial charge in [-0.15, -0.1) is 0 Å². The summed E-state index contributed by atoms with van der Waals surface area (Å²) >= 11 is 0. The first-order valence-corrected chi connectivity index (χ1v) is 4.88. The van der Waals surface area contributed by atoms with Crippen LogP contribution in [0.1, 0.15) is 5.56 Å². The van der Waals surface area contributed by atoms with Crippen LogP contribution >= 0.6 is 0 Å². The van der Waals surface area contributed by atoms with Gasteiger partial charge in [0.05, 0.1) is 6.54 Å². The lowest BCUT2D eigenvalue weighted by molar-refractivity contribution is -0.122. The van der Waals surface area contributed by atoms with E-state index in [0.29, 0.717) is 6.54 Å². The average molecular weight is 190 g/mol. The van der Waals surface area contributed by atoms with Crippen LogP contribution in [0.2, 0.25) is 0 Å². The number of carbonyl (C=O) groups excluding carboxylic acids is 1. The fourth-order valence-corrected chi connectivity index (χ4v) is 1.71. The molecule has 1 aromatic carbocycles. The van der Waals surface area contributed by atoms with E-state index in [1.165, 1.54) is 5.56 Å². The number of piperazine rings is 1. The zero-order valence-electron chi connectivity index (χ0n) is 7.99. The monoisotopic (exact) mass is 190 g/mol. The minimum absolute atomic E-state index is 0.0946. The van der Waals surface area contributed by atoms with Gasteiger partial charge >= 0.3 is 0 Å². The molecule has 0 aromatic heterocycles. The molecule has 0 saturated carbocycles. The van der Waals surface area contributed by atoms with Crippen molar-refractivity contribution in [2.24, 2.45) is 0 Å². The lowest BCUT2D eigenvalue weighted by Gasteiger charge is -2.24. The molecular formula is C11H14N2O. The molecule has 1 aliphatic rings. The maximum Gasteiger partial charge on any atom is 0.234 e. The van der Waals surface area contributed by atoms with E-state index in [9.17, 15) is 4.79 Å². The van der Waals surface area contributed by atoms with Crippen molar-refractivity contribution >= 4 is 5.91 Å². The molecule has 2 rings (SSSR count). The van der Waals surface area contributed by atoms with Gasteiger partial charge in [0.2, 0.25) is 5.91 Å². The molecule has 1 saturated heterocycles. The number of rotatable bonds is 2. The van der Waals surface area contributed by atoms with Gasteiger partial charge in [0.15, 0.2) is 0 Å². The third-order valence-electron chi connectivity index (χ3n) is 2.37. The van der Waals surface area contributed by atoms with Crippen LogP contribution in [-0.2, 0) is 11.2 Å². The highest BCUT2D eigenvalue weighted by molar-refractivity contribution is 5.79. The summed E-state index contributed by atoms with van der Waals surface area (Å²) in [7, 11) is 0. The predicted molar refractivity (Wildman–Crippen MR) is 54.9 cm³/mol. The highest BCUT2D eigenvalue weighted by atomic mass is 16.2. The summed E-state index contributed by atoms with van der Waals surface area (Å²) in [5.74, 6) is 0.0946. The van der Waals surface area contributed by atoms with Crippen LogP contribution in [-0.4, -0.2) is 25.0 Å². The van der Waals surface area contributed by atoms with Gasteiger partial charge in [0.1, 0.15) is 0 Å². The van der Waals surface area contributed by atoms with E-state index >= 15 is 0 Å². The van der Waals surface area contributed by atoms with Gasteiger partial charge in [-0.25, -0.2) is 0 Å². The van der Waals surface area contributed by atoms with Crippen LogP contribution in [0, 0.1) is 0 Å². The van der Waals surface area contributed by atoms with E-state index in [1.807, 2.05) is 18.2 Å². The standard InChI is InChI=1S/C11H14N2O/c14-11-8-12-7-10(13-11)6-9-4-2-1-3-5-9/h1-5,10,12H,6-8H2,(H,13,14)/t10-/m1/s1. The third kappa shape index (κ3) is 2.33. The van der Waals surface area contributed by atoms with Crippen molar-refractivity contribution in [3.63, 3.8) is 0 Å². The van der Waals surface area contributed by atoms with E-state index in [2.05, 4.69) is 22.8 Å². The third-order valence-corrected chi connectivity index (χ3v) is 2.37. The van der Waals surface area contributed by atoms with Crippen LogP contribution in [0.15, 0.2) is 30.3 Å². The van der Waals surface area contributed by atoms with Crippen LogP contribution in [0.5, 0.6) is 0 Å². The highest BCUT2D eigenvalue weighted by Crippen LogP contribution is 2.03. The fraction of sp³-hybridized carbons (Fsp3) is 0.364. The maximum absolute atomic E-state index is 11.1. The largest absolute Gasteiger partial charge is 0.351 e. The van der Waals surface area contributed by atoms with E-state index < -0.39 is 0 Å². The second-order valence-corrected chi connectivity index (χ2v) is 3.59. The summed E-state index contributed by atoms with van der Waals surface area (Å²) in [6.45, 7) is 1.31. The van der Waals surface area contributed by atoms with Gasteiger partial charge in [-0.2, -0.15) is 0 Å². The minimum atomic E-state index is 0.0946. The number of benzene rings is 1. The summed E-state index contributed by atoms with van der Waals surface area (Å²) in [6, 6.07) is 10.4. The smallest absolute Gasteiger partial charge is 0.234 e. The molecule has 1 atom stereocenters. The Morgan fingerprint density at radius 3 is 2.79 bits per heavy atom. The molecular weight excluding hydrogens is 176 g/mol. The van der Waals surface area contributed by atoms with Gasteiger partial charge < -0.3 is 10.6 Å². The van der Waals surface area contributed by atoms with Gasteiger partial charge in [-0.1, -0.05) is 30.3 Å². The Labute approximate surface area is 83.5 Å². The van der Waals surface area contributed by atoms with E-state index in [0.717, 1.165) is 13.0 Å². The normalized spacial score (nSPS) is 21.7.